The SMILES string of the molecule is COc1ccccc1N1CCN(C(=O)CCc2ccc(C)cc2)CC1. The van der Waals surface area contributed by atoms with E-state index in [4.69, 9.17) is 4.74 Å². The van der Waals surface area contributed by atoms with Gasteiger partial charge in [-0.05, 0) is 31.0 Å². The normalized spacial score (nSPS) is 14.5. The van der Waals surface area contributed by atoms with Crippen molar-refractivity contribution >= 4 is 11.6 Å². The lowest BCUT2D eigenvalue weighted by molar-refractivity contribution is -0.131. The van der Waals surface area contributed by atoms with Crippen LogP contribution in [-0.4, -0.2) is 44.1 Å². The maximum absolute atomic E-state index is 12.5. The molecule has 0 saturated carbocycles. The Morgan fingerprint density at radius 3 is 2.36 bits per heavy atom. The zero-order valence-corrected chi connectivity index (χ0v) is 15.1. The smallest absolute Gasteiger partial charge is 0.223 e. The summed E-state index contributed by atoms with van der Waals surface area (Å²) < 4.78 is 5.45. The van der Waals surface area contributed by atoms with Crippen molar-refractivity contribution in [1.82, 2.24) is 4.90 Å². The van der Waals surface area contributed by atoms with E-state index in [1.54, 1.807) is 7.11 Å². The highest BCUT2D eigenvalue weighted by atomic mass is 16.5. The van der Waals surface area contributed by atoms with Gasteiger partial charge in [0.15, 0.2) is 0 Å². The molecule has 132 valence electrons. The number of amides is 1. The van der Waals surface area contributed by atoms with Crippen LogP contribution >= 0.6 is 0 Å². The first-order valence-electron chi connectivity index (χ1n) is 8.88. The van der Waals surface area contributed by atoms with Crippen LogP contribution in [0.2, 0.25) is 0 Å². The molecule has 0 aromatic heterocycles. The summed E-state index contributed by atoms with van der Waals surface area (Å²) >= 11 is 0. The lowest BCUT2D eigenvalue weighted by Gasteiger charge is -2.36. The van der Waals surface area contributed by atoms with E-state index in [1.165, 1.54) is 11.1 Å². The van der Waals surface area contributed by atoms with E-state index in [9.17, 15) is 4.79 Å². The van der Waals surface area contributed by atoms with Crippen molar-refractivity contribution in [2.24, 2.45) is 0 Å². The molecule has 1 fully saturated rings. The number of rotatable bonds is 5. The van der Waals surface area contributed by atoms with Crippen molar-refractivity contribution in [3.8, 4) is 5.75 Å². The van der Waals surface area contributed by atoms with E-state index >= 15 is 0 Å². The van der Waals surface area contributed by atoms with E-state index in [0.29, 0.717) is 6.42 Å². The lowest BCUT2D eigenvalue weighted by atomic mass is 10.1. The largest absolute Gasteiger partial charge is 0.495 e. The number of anilines is 1. The van der Waals surface area contributed by atoms with Crippen LogP contribution in [0.25, 0.3) is 0 Å². The average Bonchev–Trinajstić information content (AvgIpc) is 2.67. The molecule has 2 aromatic rings. The molecular weight excluding hydrogens is 312 g/mol. The van der Waals surface area contributed by atoms with Crippen LogP contribution in [0.5, 0.6) is 5.75 Å². The molecule has 0 N–H and O–H groups in total. The third-order valence-corrected chi connectivity index (χ3v) is 4.81. The van der Waals surface area contributed by atoms with Gasteiger partial charge in [0, 0.05) is 32.6 Å². The Morgan fingerprint density at radius 1 is 1.00 bits per heavy atom. The van der Waals surface area contributed by atoms with Crippen molar-refractivity contribution in [2.45, 2.75) is 19.8 Å². The summed E-state index contributed by atoms with van der Waals surface area (Å²) in [6.45, 7) is 5.30. The topological polar surface area (TPSA) is 32.8 Å². The molecule has 25 heavy (non-hydrogen) atoms. The number of nitrogens with zero attached hydrogens (tertiary/aromatic N) is 2. The summed E-state index contributed by atoms with van der Waals surface area (Å²) in [4.78, 5) is 16.8. The Bertz CT molecular complexity index is 704. The number of ether oxygens (including phenoxy) is 1. The fourth-order valence-corrected chi connectivity index (χ4v) is 3.25. The van der Waals surface area contributed by atoms with Gasteiger partial charge in [-0.25, -0.2) is 0 Å². The van der Waals surface area contributed by atoms with Crippen molar-refractivity contribution in [2.75, 3.05) is 38.2 Å². The molecule has 1 amide bonds. The second-order valence-electron chi connectivity index (χ2n) is 6.53. The third kappa shape index (κ3) is 4.32. The van der Waals surface area contributed by atoms with Crippen molar-refractivity contribution in [3.05, 3.63) is 59.7 Å². The minimum Gasteiger partial charge on any atom is -0.495 e. The van der Waals surface area contributed by atoms with Crippen LogP contribution in [0.1, 0.15) is 17.5 Å². The van der Waals surface area contributed by atoms with Gasteiger partial charge in [0.25, 0.3) is 0 Å². The van der Waals surface area contributed by atoms with E-state index in [1.807, 2.05) is 23.1 Å². The molecule has 1 aliphatic rings. The van der Waals surface area contributed by atoms with Crippen molar-refractivity contribution in [1.29, 1.82) is 0 Å². The zero-order valence-electron chi connectivity index (χ0n) is 15.1. The van der Waals surface area contributed by atoms with Crippen LogP contribution < -0.4 is 9.64 Å². The first kappa shape index (κ1) is 17.3. The van der Waals surface area contributed by atoms with E-state index < -0.39 is 0 Å². The van der Waals surface area contributed by atoms with E-state index in [2.05, 4.69) is 42.2 Å². The van der Waals surface area contributed by atoms with Gasteiger partial charge in [-0.1, -0.05) is 42.0 Å². The minimum atomic E-state index is 0.250. The summed E-state index contributed by atoms with van der Waals surface area (Å²) in [5, 5.41) is 0. The maximum atomic E-state index is 12.5. The number of carbonyl (C=O) groups is 1. The number of benzene rings is 2. The molecule has 3 rings (SSSR count). The van der Waals surface area contributed by atoms with Gasteiger partial charge in [-0.2, -0.15) is 0 Å². The Labute approximate surface area is 150 Å². The molecule has 1 heterocycles. The highest BCUT2D eigenvalue weighted by Gasteiger charge is 2.22. The molecular formula is C21H26N2O2. The van der Waals surface area contributed by atoms with Gasteiger partial charge < -0.3 is 14.5 Å². The fourth-order valence-electron chi connectivity index (χ4n) is 3.25. The third-order valence-electron chi connectivity index (χ3n) is 4.81. The molecule has 1 saturated heterocycles. The van der Waals surface area contributed by atoms with Crippen LogP contribution in [-0.2, 0) is 11.2 Å². The fraction of sp³-hybridized carbons (Fsp3) is 0.381. The Hall–Kier alpha value is -2.49. The second-order valence-corrected chi connectivity index (χ2v) is 6.53. The Morgan fingerprint density at radius 2 is 1.68 bits per heavy atom. The van der Waals surface area contributed by atoms with Crippen LogP contribution in [0.4, 0.5) is 5.69 Å². The molecule has 1 aliphatic heterocycles. The first-order valence-corrected chi connectivity index (χ1v) is 8.88. The molecule has 0 bridgehead atoms. The Balaban J connectivity index is 1.51. The van der Waals surface area contributed by atoms with E-state index in [0.717, 1.165) is 44.0 Å². The monoisotopic (exact) mass is 338 g/mol. The number of para-hydroxylation sites is 2. The van der Waals surface area contributed by atoms with E-state index in [-0.39, 0.29) is 5.91 Å². The average molecular weight is 338 g/mol. The minimum absolute atomic E-state index is 0.250. The number of hydrogen-bond donors (Lipinski definition) is 0. The number of carbonyl (C=O) groups excluding carboxylic acids is 1. The van der Waals surface area contributed by atoms with Gasteiger partial charge in [0.1, 0.15) is 5.75 Å². The summed E-state index contributed by atoms with van der Waals surface area (Å²) in [7, 11) is 1.70. The Kier molecular flexibility index (Phi) is 5.59. The molecule has 0 atom stereocenters. The molecule has 4 nitrogen and oxygen atoms in total. The highest BCUT2D eigenvalue weighted by molar-refractivity contribution is 5.77. The van der Waals surface area contributed by atoms with Crippen molar-refractivity contribution < 1.29 is 9.53 Å². The van der Waals surface area contributed by atoms with Crippen LogP contribution in [0, 0.1) is 6.92 Å². The number of methoxy groups -OCH3 is 1. The summed E-state index contributed by atoms with van der Waals surface area (Å²) in [5.74, 6) is 1.14. The summed E-state index contributed by atoms with van der Waals surface area (Å²) in [5.41, 5.74) is 3.59. The van der Waals surface area contributed by atoms with Crippen molar-refractivity contribution in [3.63, 3.8) is 0 Å². The quantitative estimate of drug-likeness (QED) is 0.839. The lowest BCUT2D eigenvalue weighted by Crippen LogP contribution is -2.48. The summed E-state index contributed by atoms with van der Waals surface area (Å²) in [6, 6.07) is 16.5. The predicted octanol–water partition coefficient (Wildman–Crippen LogP) is 3.29. The molecule has 0 aliphatic carbocycles. The number of piperazine rings is 1. The van der Waals surface area contributed by atoms with Gasteiger partial charge in [-0.15, -0.1) is 0 Å². The molecule has 0 spiro atoms. The number of aryl methyl sites for hydroxylation is 2. The van der Waals surface area contributed by atoms with Gasteiger partial charge >= 0.3 is 0 Å². The summed E-state index contributed by atoms with van der Waals surface area (Å²) in [6.07, 6.45) is 1.39. The molecule has 0 radical (unpaired) electrons. The molecule has 4 heteroatoms. The molecule has 0 unspecified atom stereocenters. The second kappa shape index (κ2) is 8.06. The predicted molar refractivity (Wildman–Crippen MR) is 101 cm³/mol. The van der Waals surface area contributed by atoms with Gasteiger partial charge in [-0.3, -0.25) is 4.79 Å². The molecule has 2 aromatic carbocycles. The maximum Gasteiger partial charge on any atom is 0.223 e. The van der Waals surface area contributed by atoms with Crippen LogP contribution in [0.15, 0.2) is 48.5 Å². The first-order chi connectivity index (χ1) is 12.2. The van der Waals surface area contributed by atoms with Crippen LogP contribution in [0.3, 0.4) is 0 Å². The van der Waals surface area contributed by atoms with Gasteiger partial charge in [0.2, 0.25) is 5.91 Å². The zero-order chi connectivity index (χ0) is 17.6. The van der Waals surface area contributed by atoms with Gasteiger partial charge in [0.05, 0.1) is 12.8 Å². The highest BCUT2D eigenvalue weighted by Crippen LogP contribution is 2.28. The number of hydrogen-bond acceptors (Lipinski definition) is 3. The standard InChI is InChI=1S/C21H26N2O2/c1-17-7-9-18(10-8-17)11-12-21(24)23-15-13-22(14-16-23)19-5-3-4-6-20(19)25-2/h3-10H,11-16H2,1-2H3.